The first-order chi connectivity index (χ1) is 17.0. The van der Waals surface area contributed by atoms with E-state index >= 15 is 0 Å². The van der Waals surface area contributed by atoms with Crippen LogP contribution in [0.25, 0.3) is 6.08 Å². The monoisotopic (exact) mass is 464 g/mol. The number of carbonyl (C=O) groups is 2. The maximum atomic E-state index is 13.0. The van der Waals surface area contributed by atoms with Crippen molar-refractivity contribution in [2.75, 3.05) is 16.5 Å². The zero-order valence-electron chi connectivity index (χ0n) is 18.5. The molecule has 3 aromatic carbocycles. The number of carboxylic acids is 1. The Morgan fingerprint density at radius 3 is 2.57 bits per heavy atom. The van der Waals surface area contributed by atoms with Gasteiger partial charge in [-0.05, 0) is 66.4 Å². The number of fused-ring (bicyclic) bond motifs is 1. The van der Waals surface area contributed by atoms with Gasteiger partial charge < -0.3 is 15.1 Å². The van der Waals surface area contributed by atoms with E-state index in [2.05, 4.69) is 5.10 Å². The van der Waals surface area contributed by atoms with E-state index in [0.29, 0.717) is 11.4 Å². The molecule has 0 atom stereocenters. The molecule has 5 rings (SSSR count). The first-order valence-electron chi connectivity index (χ1n) is 11.0. The van der Waals surface area contributed by atoms with Crippen molar-refractivity contribution in [2.24, 2.45) is 5.10 Å². The topological polar surface area (TPSA) is 117 Å². The minimum Gasteiger partial charge on any atom is -0.507 e. The van der Waals surface area contributed by atoms with Crippen molar-refractivity contribution in [1.82, 2.24) is 0 Å². The molecular weight excluding hydrogens is 444 g/mol. The number of amides is 1. The van der Waals surface area contributed by atoms with E-state index in [-0.39, 0.29) is 28.5 Å². The van der Waals surface area contributed by atoms with Gasteiger partial charge >= 0.3 is 5.97 Å². The van der Waals surface area contributed by atoms with Crippen LogP contribution in [0.15, 0.2) is 77.4 Å². The summed E-state index contributed by atoms with van der Waals surface area (Å²) in [6.07, 6.45) is 3.37. The molecule has 172 valence electrons. The standard InChI is InChI=1S/C27H20N4O4/c28-16-23-22(26(33)31(29-23)19-6-2-1-3-7-19)14-17-8-11-24-18(13-17)5-4-12-30(24)20-9-10-21(27(34)35)25(32)15-20/h1-3,6-11,13-15,32H,4-5,12H2,(H,34,35)/b22-14-. The van der Waals surface area contributed by atoms with Gasteiger partial charge in [-0.1, -0.05) is 24.3 Å². The molecule has 2 N–H and O–H groups in total. The second kappa shape index (κ2) is 8.80. The van der Waals surface area contributed by atoms with Gasteiger partial charge in [0.25, 0.3) is 5.91 Å². The molecule has 0 bridgehead atoms. The van der Waals surface area contributed by atoms with Gasteiger partial charge in [0.2, 0.25) is 0 Å². The molecule has 0 fully saturated rings. The zero-order valence-corrected chi connectivity index (χ0v) is 18.5. The quantitative estimate of drug-likeness (QED) is 0.550. The van der Waals surface area contributed by atoms with Crippen molar-refractivity contribution in [2.45, 2.75) is 12.8 Å². The Balaban J connectivity index is 1.47. The van der Waals surface area contributed by atoms with Crippen molar-refractivity contribution >= 4 is 40.7 Å². The summed E-state index contributed by atoms with van der Waals surface area (Å²) in [4.78, 5) is 26.3. The highest BCUT2D eigenvalue weighted by Gasteiger charge is 2.31. The van der Waals surface area contributed by atoms with Crippen molar-refractivity contribution < 1.29 is 19.8 Å². The van der Waals surface area contributed by atoms with Gasteiger partial charge in [0.05, 0.1) is 11.3 Å². The summed E-state index contributed by atoms with van der Waals surface area (Å²) < 4.78 is 0. The van der Waals surface area contributed by atoms with Crippen LogP contribution in [0, 0.1) is 11.3 Å². The predicted octanol–water partition coefficient (Wildman–Crippen LogP) is 4.48. The number of carboxylic acid groups (broad SMARTS) is 1. The fourth-order valence-electron chi connectivity index (χ4n) is 4.38. The number of aryl methyl sites for hydroxylation is 1. The number of benzene rings is 3. The van der Waals surface area contributed by atoms with Crippen LogP contribution in [0.1, 0.15) is 27.9 Å². The second-order valence-corrected chi connectivity index (χ2v) is 8.22. The van der Waals surface area contributed by atoms with Crippen LogP contribution < -0.4 is 9.91 Å². The van der Waals surface area contributed by atoms with E-state index in [1.165, 1.54) is 17.1 Å². The van der Waals surface area contributed by atoms with Gasteiger partial charge in [0.15, 0.2) is 5.71 Å². The Kier molecular flexibility index (Phi) is 5.51. The van der Waals surface area contributed by atoms with E-state index in [1.54, 1.807) is 36.4 Å². The molecule has 0 aliphatic carbocycles. The lowest BCUT2D eigenvalue weighted by Gasteiger charge is -2.32. The van der Waals surface area contributed by atoms with Crippen molar-refractivity contribution in [3.8, 4) is 11.8 Å². The van der Waals surface area contributed by atoms with E-state index in [4.69, 9.17) is 0 Å². The number of hydrogen-bond acceptors (Lipinski definition) is 6. The highest BCUT2D eigenvalue weighted by atomic mass is 16.4. The molecule has 0 spiro atoms. The summed E-state index contributed by atoms with van der Waals surface area (Å²) in [6, 6.07) is 21.3. The summed E-state index contributed by atoms with van der Waals surface area (Å²) in [5.74, 6) is -1.83. The second-order valence-electron chi connectivity index (χ2n) is 8.22. The molecule has 0 saturated heterocycles. The molecule has 3 aromatic rings. The SMILES string of the molecule is N#CC1=NN(c2ccccc2)C(=O)/C1=C\c1ccc2c(c1)CCCN2c1ccc(C(=O)O)c(O)c1. The van der Waals surface area contributed by atoms with Crippen LogP contribution in [0.2, 0.25) is 0 Å². The van der Waals surface area contributed by atoms with E-state index in [0.717, 1.165) is 36.2 Å². The number of carbonyl (C=O) groups excluding carboxylic acids is 1. The minimum absolute atomic E-state index is 0.0622. The van der Waals surface area contributed by atoms with Crippen LogP contribution in [-0.4, -0.2) is 34.3 Å². The first kappa shape index (κ1) is 21.9. The molecule has 2 heterocycles. The zero-order chi connectivity index (χ0) is 24.5. The third kappa shape index (κ3) is 4.00. The number of anilines is 3. The fraction of sp³-hybridized carbons (Fsp3) is 0.111. The van der Waals surface area contributed by atoms with Gasteiger partial charge in [-0.2, -0.15) is 15.4 Å². The summed E-state index contributed by atoms with van der Waals surface area (Å²) >= 11 is 0. The number of phenols is 1. The van der Waals surface area contributed by atoms with Crippen LogP contribution in [0.5, 0.6) is 5.75 Å². The van der Waals surface area contributed by atoms with Gasteiger partial charge in [-0.15, -0.1) is 0 Å². The lowest BCUT2D eigenvalue weighted by Crippen LogP contribution is -2.24. The Bertz CT molecular complexity index is 1450. The largest absolute Gasteiger partial charge is 0.507 e. The molecule has 8 heteroatoms. The summed E-state index contributed by atoms with van der Waals surface area (Å²) in [6.45, 7) is 0.717. The average Bonchev–Trinajstić information content (AvgIpc) is 3.18. The van der Waals surface area contributed by atoms with Crippen LogP contribution >= 0.6 is 0 Å². The number of aromatic hydroxyl groups is 1. The highest BCUT2D eigenvalue weighted by Crippen LogP contribution is 2.36. The third-order valence-electron chi connectivity index (χ3n) is 6.04. The van der Waals surface area contributed by atoms with Gasteiger partial charge in [-0.25, -0.2) is 4.79 Å². The van der Waals surface area contributed by atoms with Crippen molar-refractivity contribution in [1.29, 1.82) is 5.26 Å². The molecule has 8 nitrogen and oxygen atoms in total. The molecule has 0 unspecified atom stereocenters. The Labute approximate surface area is 201 Å². The molecule has 2 aliphatic rings. The highest BCUT2D eigenvalue weighted by molar-refractivity contribution is 6.37. The number of nitriles is 1. The van der Waals surface area contributed by atoms with E-state index in [9.17, 15) is 25.1 Å². The lowest BCUT2D eigenvalue weighted by atomic mass is 9.97. The van der Waals surface area contributed by atoms with Crippen molar-refractivity contribution in [3.63, 3.8) is 0 Å². The Hall–Kier alpha value is -4.90. The van der Waals surface area contributed by atoms with E-state index in [1.807, 2.05) is 35.2 Å². The number of nitrogens with zero attached hydrogens (tertiary/aromatic N) is 4. The molecule has 0 aromatic heterocycles. The lowest BCUT2D eigenvalue weighted by molar-refractivity contribution is -0.114. The van der Waals surface area contributed by atoms with Crippen molar-refractivity contribution in [3.05, 3.63) is 89.0 Å². The van der Waals surface area contributed by atoms with Gasteiger partial charge in [0, 0.05) is 24.0 Å². The van der Waals surface area contributed by atoms with Crippen LogP contribution in [-0.2, 0) is 11.2 Å². The molecule has 0 radical (unpaired) electrons. The maximum Gasteiger partial charge on any atom is 0.339 e. The normalized spacial score (nSPS) is 16.1. The summed E-state index contributed by atoms with van der Waals surface area (Å²) in [5.41, 5.74) is 4.21. The predicted molar refractivity (Wildman–Crippen MR) is 132 cm³/mol. The van der Waals surface area contributed by atoms with Crippen LogP contribution in [0.3, 0.4) is 0 Å². The molecule has 2 aliphatic heterocycles. The maximum absolute atomic E-state index is 13.0. The van der Waals surface area contributed by atoms with Crippen LogP contribution in [0.4, 0.5) is 17.1 Å². The smallest absolute Gasteiger partial charge is 0.339 e. The average molecular weight is 464 g/mol. The molecule has 0 saturated carbocycles. The Morgan fingerprint density at radius 1 is 1.06 bits per heavy atom. The number of aromatic carboxylic acids is 1. The summed E-state index contributed by atoms with van der Waals surface area (Å²) in [7, 11) is 0. The third-order valence-corrected chi connectivity index (χ3v) is 6.04. The fourth-order valence-corrected chi connectivity index (χ4v) is 4.38. The van der Waals surface area contributed by atoms with Gasteiger partial charge in [-0.3, -0.25) is 4.79 Å². The molecular formula is C27H20N4O4. The number of rotatable bonds is 4. The summed E-state index contributed by atoms with van der Waals surface area (Å²) in [5, 5.41) is 34.3. The van der Waals surface area contributed by atoms with E-state index < -0.39 is 5.97 Å². The molecule has 1 amide bonds. The van der Waals surface area contributed by atoms with Gasteiger partial charge in [0.1, 0.15) is 17.4 Å². The minimum atomic E-state index is -1.18. The number of para-hydroxylation sites is 1. The first-order valence-corrected chi connectivity index (χ1v) is 11.0. The number of hydrogen-bond donors (Lipinski definition) is 2. The number of hydrazone groups is 1. The molecule has 35 heavy (non-hydrogen) atoms. The Morgan fingerprint density at radius 2 is 1.86 bits per heavy atom.